The second kappa shape index (κ2) is 4.53. The van der Waals surface area contributed by atoms with Crippen LogP contribution in [0.2, 0.25) is 0 Å². The standard InChI is InChI=1S/C16H25NO/c17-12-15(8-4-2-1-3-5-9-15)16(18)11-13-6-7-14(16)10-13/h13-14,18H,1-11H2. The van der Waals surface area contributed by atoms with Gasteiger partial charge in [0.2, 0.25) is 0 Å². The third-order valence-electron chi connectivity index (χ3n) is 6.07. The molecule has 100 valence electrons. The predicted octanol–water partition coefficient (Wildman–Crippen LogP) is 3.79. The maximum atomic E-state index is 11.3. The van der Waals surface area contributed by atoms with Crippen molar-refractivity contribution in [1.29, 1.82) is 5.26 Å². The van der Waals surface area contributed by atoms with Crippen molar-refractivity contribution >= 4 is 0 Å². The minimum absolute atomic E-state index is 0.418. The number of hydrogen-bond acceptors (Lipinski definition) is 2. The minimum Gasteiger partial charge on any atom is -0.388 e. The van der Waals surface area contributed by atoms with Crippen molar-refractivity contribution in [2.24, 2.45) is 17.3 Å². The number of rotatable bonds is 1. The second-order valence-corrected chi connectivity index (χ2v) is 6.97. The zero-order chi connectivity index (χ0) is 12.6. The van der Waals surface area contributed by atoms with Crippen LogP contribution in [0.15, 0.2) is 0 Å². The molecule has 0 aliphatic heterocycles. The van der Waals surface area contributed by atoms with Gasteiger partial charge in [0.1, 0.15) is 0 Å². The highest BCUT2D eigenvalue weighted by Crippen LogP contribution is 2.60. The molecule has 3 saturated carbocycles. The van der Waals surface area contributed by atoms with E-state index in [1.54, 1.807) is 0 Å². The van der Waals surface area contributed by atoms with Crippen molar-refractivity contribution in [1.82, 2.24) is 0 Å². The highest BCUT2D eigenvalue weighted by molar-refractivity contribution is 5.18. The summed E-state index contributed by atoms with van der Waals surface area (Å²) in [5, 5.41) is 21.1. The lowest BCUT2D eigenvalue weighted by molar-refractivity contribution is -0.107. The first-order chi connectivity index (χ1) is 8.70. The smallest absolute Gasteiger partial charge is 0.0864 e. The molecule has 3 rings (SSSR count). The fraction of sp³-hybridized carbons (Fsp3) is 0.938. The Bertz CT molecular complexity index is 351. The molecular weight excluding hydrogens is 222 g/mol. The quantitative estimate of drug-likeness (QED) is 0.766. The van der Waals surface area contributed by atoms with Crippen molar-refractivity contribution < 1.29 is 5.11 Å². The number of fused-ring (bicyclic) bond motifs is 2. The lowest BCUT2D eigenvalue weighted by Gasteiger charge is -2.46. The Morgan fingerprint density at radius 3 is 2.17 bits per heavy atom. The molecule has 1 N–H and O–H groups in total. The van der Waals surface area contributed by atoms with E-state index >= 15 is 0 Å². The third-order valence-corrected chi connectivity index (χ3v) is 6.07. The van der Waals surface area contributed by atoms with Crippen LogP contribution in [0.3, 0.4) is 0 Å². The largest absolute Gasteiger partial charge is 0.388 e. The lowest BCUT2D eigenvalue weighted by Crippen LogP contribution is -2.51. The molecule has 0 saturated heterocycles. The van der Waals surface area contributed by atoms with E-state index in [4.69, 9.17) is 0 Å². The summed E-state index contributed by atoms with van der Waals surface area (Å²) in [5.74, 6) is 1.12. The predicted molar refractivity (Wildman–Crippen MR) is 70.8 cm³/mol. The van der Waals surface area contributed by atoms with Crippen LogP contribution in [0.4, 0.5) is 0 Å². The van der Waals surface area contributed by atoms with Gasteiger partial charge >= 0.3 is 0 Å². The van der Waals surface area contributed by atoms with Crippen LogP contribution in [0.25, 0.3) is 0 Å². The molecule has 0 heterocycles. The van der Waals surface area contributed by atoms with Crippen molar-refractivity contribution in [3.8, 4) is 6.07 Å². The maximum Gasteiger partial charge on any atom is 0.0864 e. The second-order valence-electron chi connectivity index (χ2n) is 6.97. The zero-order valence-corrected chi connectivity index (χ0v) is 11.3. The molecule has 3 fully saturated rings. The molecule has 3 aliphatic rings. The van der Waals surface area contributed by atoms with Gasteiger partial charge in [-0.1, -0.05) is 32.1 Å². The summed E-state index contributed by atoms with van der Waals surface area (Å²) in [5.41, 5.74) is -1.07. The van der Waals surface area contributed by atoms with Crippen molar-refractivity contribution in [3.05, 3.63) is 0 Å². The van der Waals surface area contributed by atoms with Gasteiger partial charge in [0.15, 0.2) is 0 Å². The maximum absolute atomic E-state index is 11.3. The Kier molecular flexibility index (Phi) is 3.14. The monoisotopic (exact) mass is 247 g/mol. The van der Waals surface area contributed by atoms with Gasteiger partial charge in [-0.15, -0.1) is 0 Å². The van der Waals surface area contributed by atoms with E-state index in [1.165, 1.54) is 32.1 Å². The Labute approximate surface area is 110 Å². The zero-order valence-electron chi connectivity index (χ0n) is 11.3. The number of aliphatic hydroxyl groups is 1. The van der Waals surface area contributed by atoms with E-state index in [-0.39, 0.29) is 0 Å². The number of hydrogen-bond donors (Lipinski definition) is 1. The summed E-state index contributed by atoms with van der Waals surface area (Å²) in [4.78, 5) is 0. The van der Waals surface area contributed by atoms with Gasteiger partial charge in [0.25, 0.3) is 0 Å². The van der Waals surface area contributed by atoms with Gasteiger partial charge in [0, 0.05) is 0 Å². The molecule has 3 atom stereocenters. The summed E-state index contributed by atoms with van der Waals surface area (Å²) >= 11 is 0. The van der Waals surface area contributed by atoms with E-state index < -0.39 is 11.0 Å². The minimum atomic E-state index is -0.651. The van der Waals surface area contributed by atoms with Crippen molar-refractivity contribution in [2.45, 2.75) is 76.2 Å². The molecular formula is C16H25NO. The van der Waals surface area contributed by atoms with E-state index in [2.05, 4.69) is 6.07 Å². The van der Waals surface area contributed by atoms with Gasteiger partial charge in [-0.05, 0) is 50.4 Å². The lowest BCUT2D eigenvalue weighted by atomic mass is 9.60. The summed E-state index contributed by atoms with van der Waals surface area (Å²) in [6.45, 7) is 0. The fourth-order valence-electron chi connectivity index (χ4n) is 5.04. The van der Waals surface area contributed by atoms with Crippen molar-refractivity contribution in [2.75, 3.05) is 0 Å². The molecule has 0 radical (unpaired) electrons. The van der Waals surface area contributed by atoms with Gasteiger partial charge in [-0.3, -0.25) is 0 Å². The number of nitriles is 1. The van der Waals surface area contributed by atoms with Crippen LogP contribution >= 0.6 is 0 Å². The van der Waals surface area contributed by atoms with Crippen LogP contribution in [0.5, 0.6) is 0 Å². The SMILES string of the molecule is N#CC1(C2(O)CC3CCC2C3)CCCCCCC1. The van der Waals surface area contributed by atoms with E-state index in [0.29, 0.717) is 11.8 Å². The van der Waals surface area contributed by atoms with Crippen LogP contribution in [-0.2, 0) is 0 Å². The molecule has 2 bridgehead atoms. The molecule has 0 aromatic heterocycles. The molecule has 0 spiro atoms. The average molecular weight is 247 g/mol. The molecule has 2 heteroatoms. The Balaban J connectivity index is 1.87. The van der Waals surface area contributed by atoms with Gasteiger partial charge < -0.3 is 5.11 Å². The molecule has 18 heavy (non-hydrogen) atoms. The topological polar surface area (TPSA) is 44.0 Å². The summed E-state index contributed by atoms with van der Waals surface area (Å²) < 4.78 is 0. The number of nitrogens with zero attached hydrogens (tertiary/aromatic N) is 1. The first kappa shape index (κ1) is 12.5. The average Bonchev–Trinajstić information content (AvgIpc) is 2.89. The van der Waals surface area contributed by atoms with Gasteiger partial charge in [-0.25, -0.2) is 0 Å². The van der Waals surface area contributed by atoms with Gasteiger partial charge in [-0.2, -0.15) is 5.26 Å². The van der Waals surface area contributed by atoms with E-state index in [1.807, 2.05) is 0 Å². The van der Waals surface area contributed by atoms with Crippen molar-refractivity contribution in [3.63, 3.8) is 0 Å². The normalized spacial score (nSPS) is 43.1. The van der Waals surface area contributed by atoms with Crippen LogP contribution in [0, 0.1) is 28.6 Å². The highest BCUT2D eigenvalue weighted by atomic mass is 16.3. The Morgan fingerprint density at radius 1 is 1.00 bits per heavy atom. The summed E-state index contributed by atoms with van der Waals surface area (Å²) in [6.07, 6.45) is 12.5. The Morgan fingerprint density at radius 2 is 1.67 bits per heavy atom. The molecule has 3 aliphatic carbocycles. The van der Waals surface area contributed by atoms with Crippen LogP contribution < -0.4 is 0 Å². The molecule has 2 nitrogen and oxygen atoms in total. The fourth-order valence-corrected chi connectivity index (χ4v) is 5.04. The molecule has 0 aromatic carbocycles. The van der Waals surface area contributed by atoms with Crippen LogP contribution in [0.1, 0.15) is 70.6 Å². The molecule has 0 amide bonds. The first-order valence-corrected chi connectivity index (χ1v) is 7.84. The summed E-state index contributed by atoms with van der Waals surface area (Å²) in [7, 11) is 0. The Hall–Kier alpha value is -0.550. The van der Waals surface area contributed by atoms with E-state index in [9.17, 15) is 10.4 Å². The van der Waals surface area contributed by atoms with E-state index in [0.717, 1.165) is 38.5 Å². The third kappa shape index (κ3) is 1.71. The van der Waals surface area contributed by atoms with Gasteiger partial charge in [0.05, 0.1) is 17.1 Å². The van der Waals surface area contributed by atoms with Crippen LogP contribution in [-0.4, -0.2) is 10.7 Å². The first-order valence-electron chi connectivity index (χ1n) is 7.84. The highest BCUT2D eigenvalue weighted by Gasteiger charge is 2.60. The molecule has 3 unspecified atom stereocenters. The molecule has 0 aromatic rings. The summed E-state index contributed by atoms with van der Waals surface area (Å²) in [6, 6.07) is 2.60.